The highest BCUT2D eigenvalue weighted by Gasteiger charge is 2.52. The molecule has 1 atom stereocenters. The molecule has 168 valence electrons. The van der Waals surface area contributed by atoms with E-state index in [9.17, 15) is 9.18 Å². The van der Waals surface area contributed by atoms with Gasteiger partial charge in [0.1, 0.15) is 12.0 Å². The van der Waals surface area contributed by atoms with Crippen molar-refractivity contribution in [2.45, 2.75) is 77.0 Å². The van der Waals surface area contributed by atoms with E-state index in [-0.39, 0.29) is 29.3 Å². The maximum Gasteiger partial charge on any atom is 0.225 e. The second kappa shape index (κ2) is 7.95. The van der Waals surface area contributed by atoms with Crippen molar-refractivity contribution < 1.29 is 9.18 Å². The minimum absolute atomic E-state index is 0.0751. The van der Waals surface area contributed by atoms with Gasteiger partial charge < -0.3 is 4.90 Å². The molecule has 1 aliphatic heterocycles. The molecule has 1 aromatic rings. The van der Waals surface area contributed by atoms with Gasteiger partial charge in [-0.25, -0.2) is 4.39 Å². The molecule has 1 amide bonds. The Hall–Kier alpha value is -1.27. The van der Waals surface area contributed by atoms with Gasteiger partial charge in [0.05, 0.1) is 11.2 Å². The summed E-state index contributed by atoms with van der Waals surface area (Å²) in [5.74, 6) is 2.55. The molecule has 1 unspecified atom stereocenters. The Kier molecular flexibility index (Phi) is 5.53. The molecule has 0 aromatic heterocycles. The van der Waals surface area contributed by atoms with Crippen LogP contribution in [0.1, 0.15) is 59.3 Å². The van der Waals surface area contributed by atoms with Gasteiger partial charge in [-0.2, -0.15) is 0 Å². The fourth-order valence-electron chi connectivity index (χ4n) is 6.91. The number of halogens is 2. The third-order valence-corrected chi connectivity index (χ3v) is 8.87. The number of carbonyl (C=O) groups excluding carboxylic acids is 1. The van der Waals surface area contributed by atoms with Gasteiger partial charge in [-0.3, -0.25) is 14.7 Å². The Bertz CT molecular complexity index is 885. The van der Waals surface area contributed by atoms with Crippen LogP contribution in [-0.2, 0) is 4.79 Å². The van der Waals surface area contributed by atoms with Crippen LogP contribution in [0.15, 0.2) is 23.2 Å². The highest BCUT2D eigenvalue weighted by Crippen LogP contribution is 2.57. The first-order valence-corrected chi connectivity index (χ1v) is 12.9. The zero-order chi connectivity index (χ0) is 21.9. The van der Waals surface area contributed by atoms with Crippen molar-refractivity contribution in [3.8, 4) is 0 Å². The molecule has 1 heterocycles. The lowest BCUT2D eigenvalue weighted by Crippen LogP contribution is -2.54. The van der Waals surface area contributed by atoms with Crippen LogP contribution >= 0.6 is 23.4 Å². The predicted molar refractivity (Wildman–Crippen MR) is 126 cm³/mol. The Morgan fingerprint density at radius 3 is 2.35 bits per heavy atom. The van der Waals surface area contributed by atoms with Crippen LogP contribution in [0.5, 0.6) is 0 Å². The second-order valence-corrected chi connectivity index (χ2v) is 11.7. The number of amides is 1. The van der Waals surface area contributed by atoms with E-state index in [2.05, 4.69) is 18.7 Å². The van der Waals surface area contributed by atoms with Gasteiger partial charge in [-0.15, -0.1) is 0 Å². The van der Waals surface area contributed by atoms with Gasteiger partial charge in [0, 0.05) is 23.7 Å². The fourth-order valence-corrected chi connectivity index (χ4v) is 8.41. The first kappa shape index (κ1) is 21.6. The van der Waals surface area contributed by atoms with Crippen molar-refractivity contribution >= 4 is 40.1 Å². The maximum absolute atomic E-state index is 14.8. The van der Waals surface area contributed by atoms with Crippen molar-refractivity contribution in [1.29, 1.82) is 0 Å². The van der Waals surface area contributed by atoms with Gasteiger partial charge in [0.15, 0.2) is 5.17 Å². The molecule has 5 aliphatic rings. The predicted octanol–water partition coefficient (Wildman–Crippen LogP) is 5.94. The molecule has 0 spiro atoms. The monoisotopic (exact) mass is 463 g/mol. The van der Waals surface area contributed by atoms with Crippen molar-refractivity contribution in [2.75, 3.05) is 10.7 Å². The van der Waals surface area contributed by atoms with Crippen molar-refractivity contribution in [1.82, 2.24) is 4.90 Å². The lowest BCUT2D eigenvalue weighted by molar-refractivity contribution is -0.117. The van der Waals surface area contributed by atoms with Gasteiger partial charge in [-0.05, 0) is 88.3 Å². The average molecular weight is 464 g/mol. The molecule has 4 bridgehead atoms. The van der Waals surface area contributed by atoms with Gasteiger partial charge in [0.25, 0.3) is 0 Å². The minimum Gasteiger partial charge on any atom is -0.327 e. The van der Waals surface area contributed by atoms with E-state index in [4.69, 9.17) is 16.6 Å². The van der Waals surface area contributed by atoms with Crippen LogP contribution in [0.3, 0.4) is 0 Å². The maximum atomic E-state index is 14.8. The van der Waals surface area contributed by atoms with E-state index in [0.29, 0.717) is 10.8 Å². The SMILES string of the molecule is CC(=O)N(c1ccc(Cl)cc1F)C1CSC(=NC23CC4CC(CC(C4)C2)C3)N1C(C)C. The number of amidine groups is 1. The highest BCUT2D eigenvalue weighted by atomic mass is 35.5. The van der Waals surface area contributed by atoms with E-state index in [1.165, 1.54) is 51.5 Å². The van der Waals surface area contributed by atoms with Gasteiger partial charge >= 0.3 is 0 Å². The number of nitrogens with zero attached hydrogens (tertiary/aromatic N) is 3. The summed E-state index contributed by atoms with van der Waals surface area (Å²) in [5.41, 5.74) is 0.357. The molecule has 4 aliphatic carbocycles. The summed E-state index contributed by atoms with van der Waals surface area (Å²) >= 11 is 7.68. The Balaban J connectivity index is 1.48. The minimum atomic E-state index is -0.470. The molecule has 7 heteroatoms. The van der Waals surface area contributed by atoms with Crippen molar-refractivity contribution in [3.63, 3.8) is 0 Å². The van der Waals surface area contributed by atoms with E-state index in [1.807, 2.05) is 0 Å². The molecule has 1 saturated heterocycles. The zero-order valence-corrected chi connectivity index (χ0v) is 20.1. The molecular weight excluding hydrogens is 433 g/mol. The molecule has 0 N–H and O–H groups in total. The van der Waals surface area contributed by atoms with Crippen LogP contribution in [0.4, 0.5) is 10.1 Å². The summed E-state index contributed by atoms with van der Waals surface area (Å²) in [4.78, 5) is 22.0. The third-order valence-electron chi connectivity index (χ3n) is 7.61. The van der Waals surface area contributed by atoms with E-state index in [1.54, 1.807) is 28.8 Å². The molecule has 6 rings (SSSR count). The number of rotatable bonds is 4. The molecule has 1 aromatic carbocycles. The Morgan fingerprint density at radius 2 is 1.84 bits per heavy atom. The number of carbonyl (C=O) groups is 1. The lowest BCUT2D eigenvalue weighted by atomic mass is 9.53. The molecule has 5 fully saturated rings. The Morgan fingerprint density at radius 1 is 1.23 bits per heavy atom. The van der Waals surface area contributed by atoms with Crippen LogP contribution in [-0.4, -0.2) is 39.5 Å². The number of anilines is 1. The van der Waals surface area contributed by atoms with Gasteiger partial charge in [-0.1, -0.05) is 23.4 Å². The molecule has 31 heavy (non-hydrogen) atoms. The number of hydrogen-bond acceptors (Lipinski definition) is 3. The Labute approximate surface area is 193 Å². The molecule has 4 saturated carbocycles. The summed E-state index contributed by atoms with van der Waals surface area (Å²) in [7, 11) is 0. The standard InChI is InChI=1S/C24H31ClFN3OS/c1-14(2)28-22(29(15(3)30)21-5-4-19(25)9-20(21)26)13-31-23(28)27-24-10-16-6-17(11-24)8-18(7-16)12-24/h4-5,9,14,16-18,22H,6-8,10-13H2,1-3H3. The largest absolute Gasteiger partial charge is 0.327 e. The second-order valence-electron chi connectivity index (χ2n) is 10.3. The summed E-state index contributed by atoms with van der Waals surface area (Å²) in [6.45, 7) is 5.76. The lowest BCUT2D eigenvalue weighted by Gasteiger charge is -2.55. The molecule has 0 radical (unpaired) electrons. The first-order chi connectivity index (χ1) is 14.7. The number of benzene rings is 1. The van der Waals surface area contributed by atoms with E-state index >= 15 is 0 Å². The first-order valence-electron chi connectivity index (χ1n) is 11.5. The molecule has 4 nitrogen and oxygen atoms in total. The number of thioether (sulfide) groups is 1. The normalized spacial score (nSPS) is 35.4. The fraction of sp³-hybridized carbons (Fsp3) is 0.667. The topological polar surface area (TPSA) is 35.9 Å². The zero-order valence-electron chi connectivity index (χ0n) is 18.5. The molecular formula is C24H31ClFN3OS. The van der Waals surface area contributed by atoms with E-state index in [0.717, 1.165) is 22.9 Å². The van der Waals surface area contributed by atoms with Crippen LogP contribution in [0.2, 0.25) is 5.02 Å². The van der Waals surface area contributed by atoms with Crippen molar-refractivity contribution in [3.05, 3.63) is 29.0 Å². The van der Waals surface area contributed by atoms with Gasteiger partial charge in [0.2, 0.25) is 5.91 Å². The van der Waals surface area contributed by atoms with E-state index < -0.39 is 5.82 Å². The smallest absolute Gasteiger partial charge is 0.225 e. The summed E-state index contributed by atoms with van der Waals surface area (Å²) in [6, 6.07) is 4.68. The van der Waals surface area contributed by atoms with Crippen molar-refractivity contribution in [2.24, 2.45) is 22.7 Å². The number of aliphatic imine (C=N–C) groups is 1. The quantitative estimate of drug-likeness (QED) is 0.554. The highest BCUT2D eigenvalue weighted by molar-refractivity contribution is 8.14. The summed E-state index contributed by atoms with van der Waals surface area (Å²) < 4.78 is 14.8. The summed E-state index contributed by atoms with van der Waals surface area (Å²) in [5, 5.41) is 1.36. The summed E-state index contributed by atoms with van der Waals surface area (Å²) in [6.07, 6.45) is 7.54. The number of hydrogen-bond donors (Lipinski definition) is 0. The van der Waals surface area contributed by atoms with Crippen LogP contribution < -0.4 is 4.90 Å². The average Bonchev–Trinajstić information content (AvgIpc) is 3.05. The van der Waals surface area contributed by atoms with Crippen LogP contribution in [0, 0.1) is 23.6 Å². The van der Waals surface area contributed by atoms with Crippen LogP contribution in [0.25, 0.3) is 0 Å². The third kappa shape index (κ3) is 3.88.